The van der Waals surface area contributed by atoms with Crippen LogP contribution in [0.25, 0.3) is 0 Å². The predicted octanol–water partition coefficient (Wildman–Crippen LogP) is 5.49. The molecule has 0 aliphatic rings. The van der Waals surface area contributed by atoms with Crippen LogP contribution in [0.2, 0.25) is 10.0 Å². The SMILES string of the molecule is CC[C@@H](C)NC(=O)[C@H](C)N(Cc1c(Cl)cccc1Cl)C(=O)CCCOc1ccc(OC)cc1. The van der Waals surface area contributed by atoms with Crippen molar-refractivity contribution in [2.45, 2.75) is 58.7 Å². The van der Waals surface area contributed by atoms with Gasteiger partial charge in [-0.1, -0.05) is 36.2 Å². The van der Waals surface area contributed by atoms with E-state index >= 15 is 0 Å². The van der Waals surface area contributed by atoms with Crippen LogP contribution in [0.1, 0.15) is 45.6 Å². The fraction of sp³-hybridized carbons (Fsp3) is 0.440. The van der Waals surface area contributed by atoms with Crippen molar-refractivity contribution in [2.24, 2.45) is 0 Å². The van der Waals surface area contributed by atoms with Gasteiger partial charge in [-0.15, -0.1) is 0 Å². The smallest absolute Gasteiger partial charge is 0.242 e. The van der Waals surface area contributed by atoms with Crippen molar-refractivity contribution >= 4 is 35.0 Å². The Balaban J connectivity index is 2.05. The molecule has 2 aromatic rings. The van der Waals surface area contributed by atoms with E-state index in [1.54, 1.807) is 32.2 Å². The summed E-state index contributed by atoms with van der Waals surface area (Å²) >= 11 is 12.7. The largest absolute Gasteiger partial charge is 0.497 e. The first kappa shape index (κ1) is 26.8. The second kappa shape index (κ2) is 13.3. The van der Waals surface area contributed by atoms with Crippen LogP contribution in [0.4, 0.5) is 0 Å². The van der Waals surface area contributed by atoms with Crippen LogP contribution in [0, 0.1) is 0 Å². The maximum atomic E-state index is 13.2. The molecule has 2 aromatic carbocycles. The summed E-state index contributed by atoms with van der Waals surface area (Å²) in [5.74, 6) is 1.06. The molecule has 2 atom stereocenters. The van der Waals surface area contributed by atoms with E-state index in [2.05, 4.69) is 5.32 Å². The van der Waals surface area contributed by atoms with E-state index in [9.17, 15) is 9.59 Å². The van der Waals surface area contributed by atoms with Crippen LogP contribution < -0.4 is 14.8 Å². The number of amides is 2. The molecule has 33 heavy (non-hydrogen) atoms. The second-order valence-corrected chi connectivity index (χ2v) is 8.66. The molecule has 0 heterocycles. The van der Waals surface area contributed by atoms with Gasteiger partial charge in [0.25, 0.3) is 0 Å². The summed E-state index contributed by atoms with van der Waals surface area (Å²) in [5.41, 5.74) is 0.617. The van der Waals surface area contributed by atoms with Crippen molar-refractivity contribution in [3.63, 3.8) is 0 Å². The molecule has 0 aliphatic heterocycles. The van der Waals surface area contributed by atoms with E-state index in [0.717, 1.165) is 12.2 Å². The summed E-state index contributed by atoms with van der Waals surface area (Å²) in [6, 6.07) is 11.8. The van der Waals surface area contributed by atoms with Gasteiger partial charge in [0.15, 0.2) is 0 Å². The molecule has 8 heteroatoms. The minimum Gasteiger partial charge on any atom is -0.497 e. The van der Waals surface area contributed by atoms with Gasteiger partial charge in [-0.25, -0.2) is 0 Å². The standard InChI is InChI=1S/C25H32Cl2N2O4/c1-5-17(2)28-25(31)18(3)29(16-21-22(26)8-6-9-23(21)27)24(30)10-7-15-33-20-13-11-19(32-4)12-14-20/h6,8-9,11-14,17-18H,5,7,10,15-16H2,1-4H3,(H,28,31)/t17-,18+/m1/s1. The first-order valence-corrected chi connectivity index (χ1v) is 11.8. The Hall–Kier alpha value is -2.44. The summed E-state index contributed by atoms with van der Waals surface area (Å²) in [6.07, 6.45) is 1.52. The lowest BCUT2D eigenvalue weighted by Gasteiger charge is -2.30. The van der Waals surface area contributed by atoms with Gasteiger partial charge in [0.05, 0.1) is 13.7 Å². The Labute approximate surface area is 206 Å². The number of carbonyl (C=O) groups excluding carboxylic acids is 2. The third-order valence-corrected chi connectivity index (χ3v) is 6.13. The van der Waals surface area contributed by atoms with Crippen molar-refractivity contribution < 1.29 is 19.1 Å². The summed E-state index contributed by atoms with van der Waals surface area (Å²) in [4.78, 5) is 27.5. The van der Waals surface area contributed by atoms with E-state index in [0.29, 0.717) is 34.4 Å². The molecule has 0 unspecified atom stereocenters. The fourth-order valence-electron chi connectivity index (χ4n) is 3.13. The van der Waals surface area contributed by atoms with Gasteiger partial charge < -0.3 is 19.7 Å². The average molecular weight is 495 g/mol. The number of nitrogens with zero attached hydrogens (tertiary/aromatic N) is 1. The maximum Gasteiger partial charge on any atom is 0.242 e. The van der Waals surface area contributed by atoms with Crippen LogP contribution >= 0.6 is 23.2 Å². The Morgan fingerprint density at radius 1 is 1.03 bits per heavy atom. The monoisotopic (exact) mass is 494 g/mol. The molecular weight excluding hydrogens is 463 g/mol. The number of carbonyl (C=O) groups is 2. The zero-order valence-electron chi connectivity index (χ0n) is 19.6. The topological polar surface area (TPSA) is 67.9 Å². The van der Waals surface area contributed by atoms with E-state index in [1.807, 2.05) is 38.1 Å². The first-order valence-electron chi connectivity index (χ1n) is 11.1. The van der Waals surface area contributed by atoms with Crippen molar-refractivity contribution in [1.82, 2.24) is 10.2 Å². The van der Waals surface area contributed by atoms with E-state index in [4.69, 9.17) is 32.7 Å². The van der Waals surface area contributed by atoms with Gasteiger partial charge in [-0.3, -0.25) is 9.59 Å². The molecule has 6 nitrogen and oxygen atoms in total. The summed E-state index contributed by atoms with van der Waals surface area (Å²) < 4.78 is 10.9. The molecule has 0 aromatic heterocycles. The highest BCUT2D eigenvalue weighted by molar-refractivity contribution is 6.36. The van der Waals surface area contributed by atoms with Gasteiger partial charge >= 0.3 is 0 Å². The second-order valence-electron chi connectivity index (χ2n) is 7.84. The highest BCUT2D eigenvalue weighted by Gasteiger charge is 2.27. The molecule has 180 valence electrons. The first-order chi connectivity index (χ1) is 15.8. The Kier molecular flexibility index (Phi) is 10.8. The Bertz CT molecular complexity index is 901. The van der Waals surface area contributed by atoms with Crippen molar-refractivity contribution in [3.8, 4) is 11.5 Å². The molecule has 0 spiro atoms. The Morgan fingerprint density at radius 2 is 1.64 bits per heavy atom. The fourth-order valence-corrected chi connectivity index (χ4v) is 3.65. The van der Waals surface area contributed by atoms with Gasteiger partial charge in [0.2, 0.25) is 11.8 Å². The van der Waals surface area contributed by atoms with Crippen LogP contribution in [-0.2, 0) is 16.1 Å². The number of hydrogen-bond donors (Lipinski definition) is 1. The lowest BCUT2D eigenvalue weighted by atomic mass is 10.1. The summed E-state index contributed by atoms with van der Waals surface area (Å²) in [5, 5.41) is 3.86. The van der Waals surface area contributed by atoms with Gasteiger partial charge in [0.1, 0.15) is 17.5 Å². The number of methoxy groups -OCH3 is 1. The lowest BCUT2D eigenvalue weighted by Crippen LogP contribution is -2.49. The highest BCUT2D eigenvalue weighted by Crippen LogP contribution is 2.27. The molecule has 0 fully saturated rings. The minimum atomic E-state index is -0.679. The third-order valence-electron chi connectivity index (χ3n) is 5.42. The number of nitrogens with one attached hydrogen (secondary N) is 1. The summed E-state index contributed by atoms with van der Waals surface area (Å²) in [6.45, 7) is 6.15. The number of hydrogen-bond acceptors (Lipinski definition) is 4. The van der Waals surface area contributed by atoms with Gasteiger partial charge in [0, 0.05) is 34.6 Å². The number of halogens is 2. The van der Waals surface area contributed by atoms with E-state index in [1.165, 1.54) is 4.90 Å². The summed E-state index contributed by atoms with van der Waals surface area (Å²) in [7, 11) is 1.60. The highest BCUT2D eigenvalue weighted by atomic mass is 35.5. The van der Waals surface area contributed by atoms with Crippen molar-refractivity contribution in [2.75, 3.05) is 13.7 Å². The van der Waals surface area contributed by atoms with Crippen LogP contribution in [0.3, 0.4) is 0 Å². The number of ether oxygens (including phenoxy) is 2. The molecule has 0 radical (unpaired) electrons. The molecule has 2 amide bonds. The molecule has 0 saturated carbocycles. The third kappa shape index (κ3) is 8.13. The molecule has 0 aliphatic carbocycles. The van der Waals surface area contributed by atoms with E-state index in [-0.39, 0.29) is 30.8 Å². The number of rotatable bonds is 12. The molecule has 1 N–H and O–H groups in total. The van der Waals surface area contributed by atoms with Gasteiger partial charge in [-0.05, 0) is 63.1 Å². The number of benzene rings is 2. The Morgan fingerprint density at radius 3 is 2.21 bits per heavy atom. The normalized spacial score (nSPS) is 12.5. The lowest BCUT2D eigenvalue weighted by molar-refractivity contribution is -0.141. The molecule has 2 rings (SSSR count). The van der Waals surface area contributed by atoms with Crippen molar-refractivity contribution in [3.05, 3.63) is 58.1 Å². The molecule has 0 bridgehead atoms. The minimum absolute atomic E-state index is 0.0127. The molecular formula is C25H32Cl2N2O4. The zero-order valence-corrected chi connectivity index (χ0v) is 21.1. The van der Waals surface area contributed by atoms with Crippen LogP contribution in [0.15, 0.2) is 42.5 Å². The van der Waals surface area contributed by atoms with Gasteiger partial charge in [-0.2, -0.15) is 0 Å². The predicted molar refractivity (Wildman–Crippen MR) is 132 cm³/mol. The average Bonchev–Trinajstić information content (AvgIpc) is 2.81. The zero-order chi connectivity index (χ0) is 24.4. The maximum absolute atomic E-state index is 13.2. The van der Waals surface area contributed by atoms with Crippen molar-refractivity contribution in [1.29, 1.82) is 0 Å². The van der Waals surface area contributed by atoms with Crippen LogP contribution in [-0.4, -0.2) is 42.5 Å². The van der Waals surface area contributed by atoms with Crippen LogP contribution in [0.5, 0.6) is 11.5 Å². The van der Waals surface area contributed by atoms with E-state index < -0.39 is 6.04 Å². The molecule has 0 saturated heterocycles. The quantitative estimate of drug-likeness (QED) is 0.396.